The molecule has 0 saturated heterocycles. The molecule has 1 amide bonds. The monoisotopic (exact) mass is 285 g/mol. The second kappa shape index (κ2) is 5.61. The molecule has 0 spiro atoms. The van der Waals surface area contributed by atoms with Gasteiger partial charge in [0.1, 0.15) is 5.75 Å². The van der Waals surface area contributed by atoms with Crippen LogP contribution < -0.4 is 10.2 Å². The number of fused-ring (bicyclic) bond motifs is 1. The predicted molar refractivity (Wildman–Crippen MR) is 83.1 cm³/mol. The molecule has 1 aromatic carbocycles. The van der Waals surface area contributed by atoms with Crippen LogP contribution in [0.4, 0.5) is 0 Å². The lowest BCUT2D eigenvalue weighted by Crippen LogP contribution is -2.33. The fourth-order valence-electron chi connectivity index (χ4n) is 2.58. The van der Waals surface area contributed by atoms with E-state index in [9.17, 15) is 4.79 Å². The molecule has 1 aromatic heterocycles. The van der Waals surface area contributed by atoms with E-state index < -0.39 is 0 Å². The van der Waals surface area contributed by atoms with E-state index in [0.29, 0.717) is 6.54 Å². The number of amides is 1. The van der Waals surface area contributed by atoms with Crippen molar-refractivity contribution in [2.45, 2.75) is 6.42 Å². The lowest BCUT2D eigenvalue weighted by molar-refractivity contribution is -0.114. The topological polar surface area (TPSA) is 46.5 Å². The van der Waals surface area contributed by atoms with Crippen LogP contribution in [-0.4, -0.2) is 42.7 Å². The summed E-state index contributed by atoms with van der Waals surface area (Å²) in [6.07, 6.45) is 4.79. The van der Waals surface area contributed by atoms with Crippen LogP contribution in [0.15, 0.2) is 42.1 Å². The Hall–Kier alpha value is -2.27. The quantitative estimate of drug-likeness (QED) is 0.938. The number of nitrogens with one attached hydrogen (secondary N) is 1. The first-order valence-electron chi connectivity index (χ1n) is 7.01. The summed E-state index contributed by atoms with van der Waals surface area (Å²) in [5, 5.41) is 1.03. The normalized spacial score (nSPS) is 15.8. The molecule has 5 heteroatoms. The van der Waals surface area contributed by atoms with Gasteiger partial charge in [-0.25, -0.2) is 0 Å². The Morgan fingerprint density at radius 1 is 1.33 bits per heavy atom. The number of carbonyl (C=O) groups excluding carboxylic acids is 1. The minimum atomic E-state index is -0.0464. The SMILES string of the molecule is COc1ccc2c(ccn2NC(=O)C2=CCCN(C)C2)c1. The zero-order valence-electron chi connectivity index (χ0n) is 12.3. The van der Waals surface area contributed by atoms with Gasteiger partial charge < -0.3 is 9.64 Å². The number of ether oxygens (including phenoxy) is 1. The summed E-state index contributed by atoms with van der Waals surface area (Å²) in [5.41, 5.74) is 4.71. The van der Waals surface area contributed by atoms with Gasteiger partial charge in [-0.3, -0.25) is 14.9 Å². The largest absolute Gasteiger partial charge is 0.497 e. The van der Waals surface area contributed by atoms with Crippen molar-refractivity contribution in [3.8, 4) is 5.75 Å². The maximum atomic E-state index is 12.3. The lowest BCUT2D eigenvalue weighted by Gasteiger charge is -2.22. The molecule has 0 unspecified atom stereocenters. The molecule has 1 aliphatic rings. The van der Waals surface area contributed by atoms with Crippen LogP contribution in [0.1, 0.15) is 6.42 Å². The third-order valence-corrected chi connectivity index (χ3v) is 3.75. The minimum absolute atomic E-state index is 0.0464. The third-order valence-electron chi connectivity index (χ3n) is 3.75. The summed E-state index contributed by atoms with van der Waals surface area (Å²) < 4.78 is 6.96. The molecule has 2 aromatic rings. The molecule has 1 aliphatic heterocycles. The summed E-state index contributed by atoms with van der Waals surface area (Å²) >= 11 is 0. The van der Waals surface area contributed by atoms with E-state index >= 15 is 0 Å². The van der Waals surface area contributed by atoms with E-state index in [1.807, 2.05) is 43.6 Å². The van der Waals surface area contributed by atoms with Crippen molar-refractivity contribution in [2.24, 2.45) is 0 Å². The first kappa shape index (κ1) is 13.7. The van der Waals surface area contributed by atoms with Crippen molar-refractivity contribution in [2.75, 3.05) is 32.7 Å². The van der Waals surface area contributed by atoms with Crippen LogP contribution in [0, 0.1) is 0 Å². The molecule has 0 fully saturated rings. The lowest BCUT2D eigenvalue weighted by atomic mass is 10.1. The van der Waals surface area contributed by atoms with Crippen molar-refractivity contribution in [1.29, 1.82) is 0 Å². The van der Waals surface area contributed by atoms with Crippen LogP contribution in [0.3, 0.4) is 0 Å². The smallest absolute Gasteiger partial charge is 0.267 e. The van der Waals surface area contributed by atoms with Crippen molar-refractivity contribution in [1.82, 2.24) is 9.58 Å². The fraction of sp³-hybridized carbons (Fsp3) is 0.312. The van der Waals surface area contributed by atoms with Crippen LogP contribution in [-0.2, 0) is 4.79 Å². The van der Waals surface area contributed by atoms with E-state index in [1.165, 1.54) is 0 Å². The second-order valence-corrected chi connectivity index (χ2v) is 5.31. The molecule has 3 rings (SSSR count). The number of hydrogen-bond acceptors (Lipinski definition) is 3. The number of carbonyl (C=O) groups is 1. The van der Waals surface area contributed by atoms with E-state index in [0.717, 1.165) is 35.2 Å². The van der Waals surface area contributed by atoms with E-state index in [2.05, 4.69) is 10.3 Å². The van der Waals surface area contributed by atoms with Gasteiger partial charge in [0.15, 0.2) is 0 Å². The predicted octanol–water partition coefficient (Wildman–Crippen LogP) is 1.98. The number of nitrogens with zero attached hydrogens (tertiary/aromatic N) is 2. The van der Waals surface area contributed by atoms with Crippen molar-refractivity contribution in [3.63, 3.8) is 0 Å². The molecule has 0 atom stereocenters. The zero-order valence-corrected chi connectivity index (χ0v) is 12.3. The molecule has 110 valence electrons. The van der Waals surface area contributed by atoms with Gasteiger partial charge in [0.2, 0.25) is 0 Å². The first-order valence-corrected chi connectivity index (χ1v) is 7.01. The van der Waals surface area contributed by atoms with Gasteiger partial charge in [-0.1, -0.05) is 6.08 Å². The number of hydrogen-bond donors (Lipinski definition) is 1. The molecule has 0 radical (unpaired) electrons. The van der Waals surface area contributed by atoms with Crippen LogP contribution >= 0.6 is 0 Å². The van der Waals surface area contributed by atoms with Gasteiger partial charge in [0, 0.05) is 30.2 Å². The van der Waals surface area contributed by atoms with Gasteiger partial charge in [-0.15, -0.1) is 0 Å². The number of methoxy groups -OCH3 is 1. The number of likely N-dealkylation sites (N-methyl/N-ethyl adjacent to an activating group) is 1. The molecule has 0 aliphatic carbocycles. The third kappa shape index (κ3) is 2.78. The van der Waals surface area contributed by atoms with Crippen molar-refractivity contribution < 1.29 is 9.53 Å². The van der Waals surface area contributed by atoms with Crippen molar-refractivity contribution >= 4 is 16.8 Å². The molecule has 21 heavy (non-hydrogen) atoms. The number of benzene rings is 1. The highest BCUT2D eigenvalue weighted by Crippen LogP contribution is 2.21. The standard InChI is InChI=1S/C16H19N3O2/c1-18-8-3-4-13(11-18)16(20)17-19-9-7-12-10-14(21-2)5-6-15(12)19/h4-7,9-10H,3,8,11H2,1-2H3,(H,17,20). The Morgan fingerprint density at radius 3 is 2.95 bits per heavy atom. The van der Waals surface area contributed by atoms with Crippen LogP contribution in [0.5, 0.6) is 5.75 Å². The Balaban J connectivity index is 1.81. The maximum Gasteiger partial charge on any atom is 0.267 e. The molecule has 5 nitrogen and oxygen atoms in total. The Labute approximate surface area is 123 Å². The fourth-order valence-corrected chi connectivity index (χ4v) is 2.58. The average Bonchev–Trinajstić information content (AvgIpc) is 2.89. The van der Waals surface area contributed by atoms with Crippen LogP contribution in [0.25, 0.3) is 10.9 Å². The van der Waals surface area contributed by atoms with E-state index in [1.54, 1.807) is 11.8 Å². The molecule has 2 heterocycles. The van der Waals surface area contributed by atoms with Gasteiger partial charge >= 0.3 is 0 Å². The van der Waals surface area contributed by atoms with Crippen LogP contribution in [0.2, 0.25) is 0 Å². The summed E-state index contributed by atoms with van der Waals surface area (Å²) in [6.45, 7) is 1.70. The van der Waals surface area contributed by atoms with Gasteiger partial charge in [0.05, 0.1) is 12.6 Å². The molecule has 1 N–H and O–H groups in total. The Bertz CT molecular complexity index is 703. The molecule has 0 bridgehead atoms. The first-order chi connectivity index (χ1) is 10.2. The van der Waals surface area contributed by atoms with Crippen molar-refractivity contribution in [3.05, 3.63) is 42.1 Å². The molecular formula is C16H19N3O2. The van der Waals surface area contributed by atoms with E-state index in [4.69, 9.17) is 4.74 Å². The number of aromatic nitrogens is 1. The maximum absolute atomic E-state index is 12.3. The Morgan fingerprint density at radius 2 is 2.19 bits per heavy atom. The summed E-state index contributed by atoms with van der Waals surface area (Å²) in [7, 11) is 3.67. The highest BCUT2D eigenvalue weighted by Gasteiger charge is 2.16. The highest BCUT2D eigenvalue weighted by atomic mass is 16.5. The van der Waals surface area contributed by atoms with E-state index in [-0.39, 0.29) is 5.91 Å². The van der Waals surface area contributed by atoms with Gasteiger partial charge in [-0.2, -0.15) is 0 Å². The molecule has 0 saturated carbocycles. The number of rotatable bonds is 3. The van der Waals surface area contributed by atoms with Gasteiger partial charge in [-0.05, 0) is 37.7 Å². The molecular weight excluding hydrogens is 266 g/mol. The minimum Gasteiger partial charge on any atom is -0.497 e. The highest BCUT2D eigenvalue weighted by molar-refractivity contribution is 6.00. The summed E-state index contributed by atoms with van der Waals surface area (Å²) in [4.78, 5) is 14.5. The summed E-state index contributed by atoms with van der Waals surface area (Å²) in [6, 6.07) is 7.74. The second-order valence-electron chi connectivity index (χ2n) is 5.31. The van der Waals surface area contributed by atoms with Gasteiger partial charge in [0.25, 0.3) is 5.91 Å². The zero-order chi connectivity index (χ0) is 14.8. The summed E-state index contributed by atoms with van der Waals surface area (Å²) in [5.74, 6) is 0.762. The Kier molecular flexibility index (Phi) is 3.66. The average molecular weight is 285 g/mol.